The fraction of sp³-hybridized carbons (Fsp3) is 0. The van der Waals surface area contributed by atoms with E-state index >= 15 is 0 Å². The van der Waals surface area contributed by atoms with Crippen molar-refractivity contribution in [3.63, 3.8) is 0 Å². The highest BCUT2D eigenvalue weighted by atomic mass is 79.9. The lowest BCUT2D eigenvalue weighted by molar-refractivity contribution is -0.117. The van der Waals surface area contributed by atoms with Crippen LogP contribution < -0.4 is 10.4 Å². The first-order chi connectivity index (χ1) is 10.6. The molecule has 2 amide bonds. The van der Waals surface area contributed by atoms with Crippen LogP contribution in [0.2, 0.25) is 0 Å². The van der Waals surface area contributed by atoms with Gasteiger partial charge in [0.05, 0.1) is 10.2 Å². The van der Waals surface area contributed by atoms with E-state index in [9.17, 15) is 14.0 Å². The molecule has 2 aromatic carbocycles. The van der Waals surface area contributed by atoms with E-state index in [2.05, 4.69) is 21.4 Å². The summed E-state index contributed by atoms with van der Waals surface area (Å²) in [4.78, 5) is 24.4. The monoisotopic (exact) mass is 360 g/mol. The molecule has 1 heterocycles. The Labute approximate surface area is 134 Å². The van der Waals surface area contributed by atoms with Crippen LogP contribution in [0.15, 0.2) is 58.6 Å². The molecule has 0 aliphatic carbocycles. The number of anilines is 1. The Morgan fingerprint density at radius 3 is 2.50 bits per heavy atom. The van der Waals surface area contributed by atoms with Gasteiger partial charge in [-0.2, -0.15) is 0 Å². The molecule has 22 heavy (non-hydrogen) atoms. The summed E-state index contributed by atoms with van der Waals surface area (Å²) in [5.74, 6) is -1.35. The van der Waals surface area contributed by atoms with E-state index in [-0.39, 0.29) is 10.0 Å². The molecule has 0 unspecified atom stereocenters. The highest BCUT2D eigenvalue weighted by molar-refractivity contribution is 9.10. The average molecular weight is 361 g/mol. The van der Waals surface area contributed by atoms with Crippen molar-refractivity contribution >= 4 is 39.5 Å². The quantitative estimate of drug-likeness (QED) is 0.660. The van der Waals surface area contributed by atoms with Crippen molar-refractivity contribution in [1.29, 1.82) is 0 Å². The molecule has 0 radical (unpaired) electrons. The van der Waals surface area contributed by atoms with Crippen molar-refractivity contribution in [3.8, 4) is 0 Å². The van der Waals surface area contributed by atoms with Gasteiger partial charge in [0.25, 0.3) is 11.8 Å². The first kappa shape index (κ1) is 14.5. The molecule has 1 saturated heterocycles. The van der Waals surface area contributed by atoms with Gasteiger partial charge in [-0.3, -0.25) is 15.0 Å². The second-order valence-corrected chi connectivity index (χ2v) is 5.50. The number of amides is 2. The second-order valence-electron chi connectivity index (χ2n) is 4.65. The van der Waals surface area contributed by atoms with Crippen LogP contribution in [0.3, 0.4) is 0 Å². The first-order valence-electron chi connectivity index (χ1n) is 6.43. The minimum absolute atomic E-state index is 0.00219. The van der Waals surface area contributed by atoms with Gasteiger partial charge in [0.1, 0.15) is 11.4 Å². The summed E-state index contributed by atoms with van der Waals surface area (Å²) in [6.07, 6.45) is 1.44. The molecule has 0 spiro atoms. The number of hydrogen-bond acceptors (Lipinski definition) is 2. The smallest absolute Gasteiger partial charge is 0.267 e. The number of nitrogens with zero attached hydrogens (tertiary/aromatic N) is 1. The average Bonchev–Trinajstić information content (AvgIpc) is 2.80. The first-order valence-corrected chi connectivity index (χ1v) is 7.23. The van der Waals surface area contributed by atoms with Crippen molar-refractivity contribution in [2.45, 2.75) is 0 Å². The van der Waals surface area contributed by atoms with Crippen molar-refractivity contribution in [2.75, 3.05) is 5.01 Å². The molecule has 1 fully saturated rings. The van der Waals surface area contributed by atoms with Gasteiger partial charge < -0.3 is 0 Å². The number of benzene rings is 2. The maximum atomic E-state index is 13.2. The van der Waals surface area contributed by atoms with Crippen LogP contribution in [0.1, 0.15) is 5.56 Å². The van der Waals surface area contributed by atoms with E-state index < -0.39 is 17.6 Å². The Morgan fingerprint density at radius 2 is 1.82 bits per heavy atom. The van der Waals surface area contributed by atoms with Crippen LogP contribution in [0, 0.1) is 5.82 Å². The highest BCUT2D eigenvalue weighted by Crippen LogP contribution is 2.23. The topological polar surface area (TPSA) is 49.4 Å². The lowest BCUT2D eigenvalue weighted by atomic mass is 10.1. The number of halogens is 2. The molecule has 4 nitrogen and oxygen atoms in total. The molecule has 1 aliphatic heterocycles. The van der Waals surface area contributed by atoms with Crippen LogP contribution in [-0.2, 0) is 9.59 Å². The standard InChI is InChI=1S/C16H10BrFN2O2/c17-13-9-10(6-7-14(13)18)8-12-15(21)19-20(16(12)22)11-4-2-1-3-5-11/h1-9H,(H,19,21)/b12-8+. The number of carbonyl (C=O) groups excluding carboxylic acids is 2. The van der Waals surface area contributed by atoms with E-state index in [0.29, 0.717) is 11.3 Å². The summed E-state index contributed by atoms with van der Waals surface area (Å²) >= 11 is 3.07. The Balaban J connectivity index is 1.94. The molecule has 0 atom stereocenters. The summed E-state index contributed by atoms with van der Waals surface area (Å²) < 4.78 is 13.5. The zero-order valence-corrected chi connectivity index (χ0v) is 12.8. The largest absolute Gasteiger partial charge is 0.282 e. The number of carbonyl (C=O) groups is 2. The second kappa shape index (κ2) is 5.73. The van der Waals surface area contributed by atoms with E-state index in [1.165, 1.54) is 29.3 Å². The zero-order chi connectivity index (χ0) is 15.7. The highest BCUT2D eigenvalue weighted by Gasteiger charge is 2.34. The Hall–Kier alpha value is -2.47. The zero-order valence-electron chi connectivity index (χ0n) is 11.2. The molecule has 1 aliphatic rings. The maximum Gasteiger partial charge on any atom is 0.282 e. The fourth-order valence-electron chi connectivity index (χ4n) is 2.09. The predicted molar refractivity (Wildman–Crippen MR) is 84.1 cm³/mol. The Morgan fingerprint density at radius 1 is 1.09 bits per heavy atom. The van der Waals surface area contributed by atoms with Crippen molar-refractivity contribution in [1.82, 2.24) is 5.43 Å². The molecule has 6 heteroatoms. The van der Waals surface area contributed by atoms with E-state index in [4.69, 9.17) is 0 Å². The van der Waals surface area contributed by atoms with Gasteiger partial charge in [0.15, 0.2) is 0 Å². The van der Waals surface area contributed by atoms with Gasteiger partial charge >= 0.3 is 0 Å². The molecule has 1 N–H and O–H groups in total. The maximum absolute atomic E-state index is 13.2. The number of para-hydroxylation sites is 1. The van der Waals surface area contributed by atoms with E-state index in [0.717, 1.165) is 0 Å². The SMILES string of the molecule is O=C1NN(c2ccccc2)C(=O)/C1=C/c1ccc(F)c(Br)c1. The van der Waals surface area contributed by atoms with E-state index in [1.54, 1.807) is 24.3 Å². The molecular formula is C16H10BrFN2O2. The van der Waals surface area contributed by atoms with Gasteiger partial charge in [-0.15, -0.1) is 0 Å². The lowest BCUT2D eigenvalue weighted by Crippen LogP contribution is -2.35. The lowest BCUT2D eigenvalue weighted by Gasteiger charge is -2.13. The Kier molecular flexibility index (Phi) is 3.77. The van der Waals surface area contributed by atoms with E-state index in [1.807, 2.05) is 6.07 Å². The third kappa shape index (κ3) is 2.65. The van der Waals surface area contributed by atoms with Crippen LogP contribution in [0.4, 0.5) is 10.1 Å². The normalized spacial score (nSPS) is 16.3. The van der Waals surface area contributed by atoms with Crippen LogP contribution in [-0.4, -0.2) is 11.8 Å². The number of hydrazine groups is 1. The fourth-order valence-corrected chi connectivity index (χ4v) is 2.48. The van der Waals surface area contributed by atoms with Crippen molar-refractivity contribution in [3.05, 3.63) is 70.0 Å². The van der Waals surface area contributed by atoms with Gasteiger partial charge in [-0.1, -0.05) is 24.3 Å². The molecule has 0 bridgehead atoms. The molecule has 3 rings (SSSR count). The summed E-state index contributed by atoms with van der Waals surface area (Å²) in [7, 11) is 0. The van der Waals surface area contributed by atoms with Gasteiger partial charge in [-0.05, 0) is 51.8 Å². The molecular weight excluding hydrogens is 351 g/mol. The van der Waals surface area contributed by atoms with Crippen LogP contribution in [0.5, 0.6) is 0 Å². The number of rotatable bonds is 2. The summed E-state index contributed by atoms with van der Waals surface area (Å²) in [5.41, 5.74) is 3.64. The summed E-state index contributed by atoms with van der Waals surface area (Å²) in [5, 5.41) is 1.19. The van der Waals surface area contributed by atoms with Crippen LogP contribution in [0.25, 0.3) is 6.08 Å². The van der Waals surface area contributed by atoms with Crippen LogP contribution >= 0.6 is 15.9 Å². The minimum atomic E-state index is -0.491. The molecule has 110 valence electrons. The number of hydrogen-bond donors (Lipinski definition) is 1. The third-order valence-electron chi connectivity index (χ3n) is 3.16. The molecule has 0 aromatic heterocycles. The third-order valence-corrected chi connectivity index (χ3v) is 3.77. The minimum Gasteiger partial charge on any atom is -0.267 e. The Bertz CT molecular complexity index is 790. The molecule has 0 saturated carbocycles. The molecule has 2 aromatic rings. The van der Waals surface area contributed by atoms with Crippen molar-refractivity contribution in [2.24, 2.45) is 0 Å². The summed E-state index contributed by atoms with van der Waals surface area (Å²) in [6, 6.07) is 13.1. The van der Waals surface area contributed by atoms with Gasteiger partial charge in [0, 0.05) is 0 Å². The summed E-state index contributed by atoms with van der Waals surface area (Å²) in [6.45, 7) is 0. The van der Waals surface area contributed by atoms with Gasteiger partial charge in [0.2, 0.25) is 0 Å². The van der Waals surface area contributed by atoms with Gasteiger partial charge in [-0.25, -0.2) is 9.40 Å². The predicted octanol–water partition coefficient (Wildman–Crippen LogP) is 3.05. The number of nitrogens with one attached hydrogen (secondary N) is 1. The van der Waals surface area contributed by atoms with Crippen molar-refractivity contribution < 1.29 is 14.0 Å².